The molecule has 0 saturated heterocycles. The molecular formula is C19H21FN2O4. The number of aliphatic hydroxyl groups excluding tert-OH is 1. The highest BCUT2D eigenvalue weighted by Gasteiger charge is 2.18. The van der Waals surface area contributed by atoms with Crippen LogP contribution in [0.15, 0.2) is 48.5 Å². The largest absolute Gasteiger partial charge is 0.394 e. The number of hydrogen-bond donors (Lipinski definition) is 3. The molecule has 6 nitrogen and oxygen atoms in total. The lowest BCUT2D eigenvalue weighted by Crippen LogP contribution is -2.38. The van der Waals surface area contributed by atoms with Gasteiger partial charge in [0, 0.05) is 6.54 Å². The minimum absolute atomic E-state index is 0.0343. The highest BCUT2D eigenvalue weighted by Crippen LogP contribution is 2.17. The first-order valence-electron chi connectivity index (χ1n) is 8.14. The van der Waals surface area contributed by atoms with E-state index in [4.69, 9.17) is 9.84 Å². The number of aryl methyl sites for hydroxylation is 1. The van der Waals surface area contributed by atoms with Crippen molar-refractivity contribution >= 4 is 17.5 Å². The topological polar surface area (TPSA) is 87.7 Å². The van der Waals surface area contributed by atoms with E-state index in [1.54, 1.807) is 6.07 Å². The fourth-order valence-electron chi connectivity index (χ4n) is 2.26. The van der Waals surface area contributed by atoms with Gasteiger partial charge in [0.2, 0.25) is 0 Å². The summed E-state index contributed by atoms with van der Waals surface area (Å²) in [5.41, 5.74) is 1.81. The quantitative estimate of drug-likeness (QED) is 0.659. The normalized spacial score (nSPS) is 11.7. The van der Waals surface area contributed by atoms with E-state index < -0.39 is 23.7 Å². The van der Waals surface area contributed by atoms with Crippen molar-refractivity contribution in [3.63, 3.8) is 0 Å². The Bertz CT molecular complexity index is 749. The average Bonchev–Trinajstić information content (AvgIpc) is 2.64. The van der Waals surface area contributed by atoms with E-state index in [2.05, 4.69) is 10.6 Å². The van der Waals surface area contributed by atoms with Crippen LogP contribution in [0.3, 0.4) is 0 Å². The highest BCUT2D eigenvalue weighted by atomic mass is 19.1. The summed E-state index contributed by atoms with van der Waals surface area (Å²) in [5, 5.41) is 13.6. The van der Waals surface area contributed by atoms with Gasteiger partial charge in [-0.25, -0.2) is 4.39 Å². The van der Waals surface area contributed by atoms with Gasteiger partial charge in [0.15, 0.2) is 0 Å². The summed E-state index contributed by atoms with van der Waals surface area (Å²) >= 11 is 0. The van der Waals surface area contributed by atoms with Crippen LogP contribution < -0.4 is 10.6 Å². The molecule has 3 N–H and O–H groups in total. The number of hydrogen-bond acceptors (Lipinski definition) is 4. The number of nitrogens with one attached hydrogen (secondary N) is 2. The van der Waals surface area contributed by atoms with Gasteiger partial charge >= 0.3 is 11.8 Å². The van der Waals surface area contributed by atoms with Gasteiger partial charge in [-0.2, -0.15) is 0 Å². The number of ether oxygens (including phenoxy) is 1. The van der Waals surface area contributed by atoms with Gasteiger partial charge in [-0.05, 0) is 24.6 Å². The zero-order chi connectivity index (χ0) is 18.9. The standard InChI is InChI=1S/C19H21FN2O4/c1-13-6-8-14(9-7-13)17(26-11-10-23)12-21-18(24)19(25)22-16-5-3-2-4-15(16)20/h2-9,17,23H,10-12H2,1H3,(H,21,24)(H,22,25). The van der Waals surface area contributed by atoms with Crippen LogP contribution in [0.4, 0.5) is 10.1 Å². The van der Waals surface area contributed by atoms with Crippen molar-refractivity contribution in [2.24, 2.45) is 0 Å². The molecular weight excluding hydrogens is 339 g/mol. The van der Waals surface area contributed by atoms with Crippen molar-refractivity contribution in [2.75, 3.05) is 25.1 Å². The second-order valence-corrected chi connectivity index (χ2v) is 5.64. The first-order valence-corrected chi connectivity index (χ1v) is 8.14. The highest BCUT2D eigenvalue weighted by molar-refractivity contribution is 6.39. The molecule has 7 heteroatoms. The third-order valence-electron chi connectivity index (χ3n) is 3.64. The van der Waals surface area contributed by atoms with E-state index in [1.165, 1.54) is 18.2 Å². The predicted molar refractivity (Wildman–Crippen MR) is 95.0 cm³/mol. The fourth-order valence-corrected chi connectivity index (χ4v) is 2.26. The molecule has 2 rings (SSSR count). The smallest absolute Gasteiger partial charge is 0.313 e. The Hall–Kier alpha value is -2.77. The Morgan fingerprint density at radius 1 is 1.12 bits per heavy atom. The van der Waals surface area contributed by atoms with E-state index in [0.29, 0.717) is 0 Å². The number of amides is 2. The lowest BCUT2D eigenvalue weighted by atomic mass is 10.1. The van der Waals surface area contributed by atoms with Gasteiger partial charge in [0.25, 0.3) is 0 Å². The molecule has 0 spiro atoms. The lowest BCUT2D eigenvalue weighted by molar-refractivity contribution is -0.136. The number of aliphatic hydroxyl groups is 1. The number of carbonyl (C=O) groups excluding carboxylic acids is 2. The molecule has 2 amide bonds. The van der Waals surface area contributed by atoms with Gasteiger partial charge in [0.05, 0.1) is 25.0 Å². The first kappa shape index (κ1) is 19.6. The maximum absolute atomic E-state index is 13.5. The third kappa shape index (κ3) is 5.65. The Kier molecular flexibility index (Phi) is 7.25. The number of para-hydroxylation sites is 1. The summed E-state index contributed by atoms with van der Waals surface area (Å²) in [6, 6.07) is 13.1. The molecule has 0 aromatic heterocycles. The molecule has 2 aromatic rings. The van der Waals surface area contributed by atoms with E-state index in [1.807, 2.05) is 31.2 Å². The molecule has 0 aliphatic carbocycles. The molecule has 26 heavy (non-hydrogen) atoms. The van der Waals surface area contributed by atoms with E-state index in [0.717, 1.165) is 11.1 Å². The van der Waals surface area contributed by atoms with Crippen LogP contribution in [0.2, 0.25) is 0 Å². The minimum atomic E-state index is -0.972. The van der Waals surface area contributed by atoms with Gasteiger partial charge in [-0.15, -0.1) is 0 Å². The predicted octanol–water partition coefficient (Wildman–Crippen LogP) is 1.94. The maximum atomic E-state index is 13.5. The maximum Gasteiger partial charge on any atom is 0.313 e. The molecule has 0 fully saturated rings. The van der Waals surface area contributed by atoms with Crippen LogP contribution >= 0.6 is 0 Å². The molecule has 0 saturated carbocycles. The fraction of sp³-hybridized carbons (Fsp3) is 0.263. The average molecular weight is 360 g/mol. The first-order chi connectivity index (χ1) is 12.5. The molecule has 0 aliphatic heterocycles. The third-order valence-corrected chi connectivity index (χ3v) is 3.64. The van der Waals surface area contributed by atoms with Gasteiger partial charge < -0.3 is 20.5 Å². The molecule has 0 heterocycles. The zero-order valence-electron chi connectivity index (χ0n) is 14.4. The molecule has 0 bridgehead atoms. The van der Waals surface area contributed by atoms with Crippen LogP contribution in [0.5, 0.6) is 0 Å². The second-order valence-electron chi connectivity index (χ2n) is 5.64. The summed E-state index contributed by atoms with van der Waals surface area (Å²) in [4.78, 5) is 23.9. The van der Waals surface area contributed by atoms with Gasteiger partial charge in [0.1, 0.15) is 5.82 Å². The van der Waals surface area contributed by atoms with Crippen molar-refractivity contribution in [3.05, 3.63) is 65.5 Å². The number of carbonyl (C=O) groups is 2. The summed E-state index contributed by atoms with van der Waals surface area (Å²) in [6.45, 7) is 1.91. The van der Waals surface area contributed by atoms with Crippen LogP contribution in [0.25, 0.3) is 0 Å². The monoisotopic (exact) mass is 360 g/mol. The lowest BCUT2D eigenvalue weighted by Gasteiger charge is -2.18. The van der Waals surface area contributed by atoms with Gasteiger partial charge in [-0.3, -0.25) is 9.59 Å². The Balaban J connectivity index is 1.96. The van der Waals surface area contributed by atoms with Crippen LogP contribution in [-0.2, 0) is 14.3 Å². The van der Waals surface area contributed by atoms with Crippen molar-refractivity contribution in [2.45, 2.75) is 13.0 Å². The number of rotatable bonds is 7. The number of halogens is 1. The molecule has 1 atom stereocenters. The second kappa shape index (κ2) is 9.65. The Morgan fingerprint density at radius 2 is 1.81 bits per heavy atom. The summed E-state index contributed by atoms with van der Waals surface area (Å²) < 4.78 is 19.1. The Labute approximate surface area is 151 Å². The SMILES string of the molecule is Cc1ccc(C(CNC(=O)C(=O)Nc2ccccc2F)OCCO)cc1. The van der Waals surface area contributed by atoms with Crippen LogP contribution in [0, 0.1) is 12.7 Å². The molecule has 138 valence electrons. The van der Waals surface area contributed by atoms with E-state index in [-0.39, 0.29) is 25.4 Å². The van der Waals surface area contributed by atoms with Gasteiger partial charge in [-0.1, -0.05) is 42.0 Å². The van der Waals surface area contributed by atoms with Crippen molar-refractivity contribution in [1.29, 1.82) is 0 Å². The molecule has 1 unspecified atom stereocenters. The van der Waals surface area contributed by atoms with E-state index in [9.17, 15) is 14.0 Å². The van der Waals surface area contributed by atoms with Crippen molar-refractivity contribution in [3.8, 4) is 0 Å². The summed E-state index contributed by atoms with van der Waals surface area (Å²) in [7, 11) is 0. The van der Waals surface area contributed by atoms with Crippen molar-refractivity contribution in [1.82, 2.24) is 5.32 Å². The minimum Gasteiger partial charge on any atom is -0.394 e. The number of anilines is 1. The summed E-state index contributed by atoms with van der Waals surface area (Å²) in [6.07, 6.45) is -0.520. The molecule has 2 aromatic carbocycles. The van der Waals surface area contributed by atoms with Crippen LogP contribution in [-0.4, -0.2) is 36.7 Å². The molecule has 0 radical (unpaired) electrons. The summed E-state index contributed by atoms with van der Waals surface area (Å²) in [5.74, 6) is -2.50. The molecule has 0 aliphatic rings. The Morgan fingerprint density at radius 3 is 2.46 bits per heavy atom. The van der Waals surface area contributed by atoms with Crippen LogP contribution in [0.1, 0.15) is 17.2 Å². The number of benzene rings is 2. The van der Waals surface area contributed by atoms with E-state index >= 15 is 0 Å². The zero-order valence-corrected chi connectivity index (χ0v) is 14.4. The van der Waals surface area contributed by atoms with Crippen molar-refractivity contribution < 1.29 is 23.8 Å².